The number of anilines is 1. The maximum Gasteiger partial charge on any atom is 0.410 e. The minimum absolute atomic E-state index is 0.139. The van der Waals surface area contributed by atoms with Crippen LogP contribution in [-0.2, 0) is 32.2 Å². The average Bonchev–Trinajstić information content (AvgIpc) is 3.38. The van der Waals surface area contributed by atoms with Crippen molar-refractivity contribution in [3.8, 4) is 0 Å². The predicted molar refractivity (Wildman–Crippen MR) is 163 cm³/mol. The van der Waals surface area contributed by atoms with Crippen molar-refractivity contribution in [3.63, 3.8) is 0 Å². The van der Waals surface area contributed by atoms with E-state index in [-0.39, 0.29) is 36.3 Å². The number of amides is 4. The van der Waals surface area contributed by atoms with Crippen LogP contribution in [0.15, 0.2) is 48.5 Å². The third kappa shape index (κ3) is 7.05. The number of hydrogen-bond acceptors (Lipinski definition) is 8. The fraction of sp³-hybridized carbons (Fsp3) is 0.515. The highest BCUT2D eigenvalue weighted by Gasteiger charge is 2.39. The molecule has 3 saturated heterocycles. The maximum atomic E-state index is 13.0. The third-order valence-electron chi connectivity index (χ3n) is 9.12. The molecule has 4 aliphatic heterocycles. The van der Waals surface area contributed by atoms with Gasteiger partial charge in [-0.15, -0.1) is 0 Å². The van der Waals surface area contributed by atoms with Crippen molar-refractivity contribution in [2.45, 2.75) is 57.4 Å². The molecular formula is C33H41N5O6. The first-order valence-corrected chi connectivity index (χ1v) is 15.8. The normalized spacial score (nSPS) is 21.4. The second-order valence-electron chi connectivity index (χ2n) is 12.0. The van der Waals surface area contributed by atoms with Crippen LogP contribution in [-0.4, -0.2) is 103 Å². The van der Waals surface area contributed by atoms with Gasteiger partial charge in [0.2, 0.25) is 11.8 Å². The average molecular weight is 604 g/mol. The van der Waals surface area contributed by atoms with Gasteiger partial charge in [-0.25, -0.2) is 4.79 Å². The van der Waals surface area contributed by atoms with E-state index in [4.69, 9.17) is 9.47 Å². The number of nitrogens with zero attached hydrogens (tertiary/aromatic N) is 4. The Bertz CT molecular complexity index is 1350. The van der Waals surface area contributed by atoms with Gasteiger partial charge in [0.1, 0.15) is 12.6 Å². The van der Waals surface area contributed by atoms with Gasteiger partial charge < -0.3 is 24.2 Å². The molecule has 1 atom stereocenters. The summed E-state index contributed by atoms with van der Waals surface area (Å²) in [5.41, 5.74) is 3.67. The summed E-state index contributed by atoms with van der Waals surface area (Å²) in [6, 6.07) is 15.1. The smallest absolute Gasteiger partial charge is 0.410 e. The Kier molecular flexibility index (Phi) is 9.42. The number of likely N-dealkylation sites (tertiary alicyclic amines) is 1. The standard InChI is InChI=1S/C33H41N5O6/c39-30-10-9-29(31(40)34-30)38-22-25-21-26(7-8-28(25)32(38)41)36-18-16-35(17-19-36)13-4-20-43-27-11-14-37(15-12-27)33(42)44-23-24-5-2-1-3-6-24/h1-3,5-8,21,27,29H,4,9-20,22-23H2,(H,34,39,40). The zero-order valence-electron chi connectivity index (χ0n) is 25.1. The molecule has 234 valence electrons. The number of imide groups is 1. The molecule has 1 N–H and O–H groups in total. The Balaban J connectivity index is 0.871. The van der Waals surface area contributed by atoms with E-state index in [1.807, 2.05) is 42.5 Å². The van der Waals surface area contributed by atoms with Crippen LogP contribution >= 0.6 is 0 Å². The Morgan fingerprint density at radius 3 is 2.43 bits per heavy atom. The molecule has 6 rings (SSSR count). The molecule has 0 radical (unpaired) electrons. The van der Waals surface area contributed by atoms with Gasteiger partial charge in [-0.05, 0) is 55.0 Å². The summed E-state index contributed by atoms with van der Waals surface area (Å²) < 4.78 is 11.6. The number of benzene rings is 2. The van der Waals surface area contributed by atoms with Crippen molar-refractivity contribution in [1.29, 1.82) is 0 Å². The lowest BCUT2D eigenvalue weighted by Gasteiger charge is -2.36. The number of rotatable bonds is 9. The van der Waals surface area contributed by atoms with E-state index >= 15 is 0 Å². The van der Waals surface area contributed by atoms with Crippen molar-refractivity contribution in [2.24, 2.45) is 0 Å². The number of carbonyl (C=O) groups is 4. The summed E-state index contributed by atoms with van der Waals surface area (Å²) in [7, 11) is 0. The molecule has 1 unspecified atom stereocenters. The quantitative estimate of drug-likeness (QED) is 0.344. The van der Waals surface area contributed by atoms with Gasteiger partial charge in [0.15, 0.2) is 0 Å². The van der Waals surface area contributed by atoms with Gasteiger partial charge in [0, 0.05) is 76.6 Å². The third-order valence-corrected chi connectivity index (χ3v) is 9.12. The lowest BCUT2D eigenvalue weighted by atomic mass is 10.0. The molecule has 3 fully saturated rings. The molecule has 4 heterocycles. The van der Waals surface area contributed by atoms with Crippen molar-refractivity contribution in [3.05, 3.63) is 65.2 Å². The molecule has 4 amide bonds. The van der Waals surface area contributed by atoms with E-state index < -0.39 is 6.04 Å². The summed E-state index contributed by atoms with van der Waals surface area (Å²) >= 11 is 0. The van der Waals surface area contributed by atoms with Gasteiger partial charge in [0.05, 0.1) is 6.10 Å². The van der Waals surface area contributed by atoms with E-state index in [2.05, 4.69) is 21.2 Å². The number of piperazine rings is 1. The highest BCUT2D eigenvalue weighted by molar-refractivity contribution is 6.05. The van der Waals surface area contributed by atoms with Crippen LogP contribution in [0.3, 0.4) is 0 Å². The largest absolute Gasteiger partial charge is 0.445 e. The minimum atomic E-state index is -0.592. The van der Waals surface area contributed by atoms with Crippen LogP contribution < -0.4 is 10.2 Å². The Morgan fingerprint density at radius 1 is 0.909 bits per heavy atom. The molecule has 4 aliphatic rings. The van der Waals surface area contributed by atoms with E-state index in [9.17, 15) is 19.2 Å². The maximum absolute atomic E-state index is 13.0. The minimum Gasteiger partial charge on any atom is -0.445 e. The molecule has 0 bridgehead atoms. The molecular weight excluding hydrogens is 562 g/mol. The predicted octanol–water partition coefficient (Wildman–Crippen LogP) is 2.78. The number of piperidine rings is 2. The van der Waals surface area contributed by atoms with Gasteiger partial charge >= 0.3 is 6.09 Å². The molecule has 0 saturated carbocycles. The first kappa shape index (κ1) is 30.1. The first-order valence-electron chi connectivity index (χ1n) is 15.8. The molecule has 11 heteroatoms. The van der Waals surface area contributed by atoms with Crippen LogP contribution in [0.2, 0.25) is 0 Å². The van der Waals surface area contributed by atoms with E-state index in [1.165, 1.54) is 0 Å². The highest BCUT2D eigenvalue weighted by atomic mass is 16.6. The van der Waals surface area contributed by atoms with Crippen LogP contribution in [0, 0.1) is 0 Å². The molecule has 0 aromatic heterocycles. The summed E-state index contributed by atoms with van der Waals surface area (Å²) in [5.74, 6) is -0.799. The van der Waals surface area contributed by atoms with Gasteiger partial charge in [0.25, 0.3) is 5.91 Å². The zero-order chi connectivity index (χ0) is 30.5. The van der Waals surface area contributed by atoms with E-state index in [1.54, 1.807) is 9.80 Å². The fourth-order valence-corrected chi connectivity index (χ4v) is 6.54. The summed E-state index contributed by atoms with van der Waals surface area (Å²) in [5, 5.41) is 2.36. The van der Waals surface area contributed by atoms with Gasteiger partial charge in [-0.2, -0.15) is 0 Å². The molecule has 2 aromatic rings. The van der Waals surface area contributed by atoms with Crippen LogP contribution in [0.5, 0.6) is 0 Å². The van der Waals surface area contributed by atoms with Crippen molar-refractivity contribution in [1.82, 2.24) is 20.0 Å². The first-order chi connectivity index (χ1) is 21.4. The van der Waals surface area contributed by atoms with Gasteiger partial charge in [-0.1, -0.05) is 30.3 Å². The van der Waals surface area contributed by atoms with Crippen molar-refractivity contribution in [2.75, 3.05) is 57.3 Å². The lowest BCUT2D eigenvalue weighted by Crippen LogP contribution is -2.52. The summed E-state index contributed by atoms with van der Waals surface area (Å²) in [4.78, 5) is 57.5. The Labute approximate surface area is 258 Å². The summed E-state index contributed by atoms with van der Waals surface area (Å²) in [6.07, 6.45) is 3.18. The number of nitrogens with one attached hydrogen (secondary N) is 1. The molecule has 44 heavy (non-hydrogen) atoms. The van der Waals surface area contributed by atoms with Crippen LogP contribution in [0.1, 0.15) is 53.6 Å². The van der Waals surface area contributed by atoms with E-state index in [0.29, 0.717) is 44.8 Å². The lowest BCUT2D eigenvalue weighted by molar-refractivity contribution is -0.136. The molecule has 0 aliphatic carbocycles. The SMILES string of the molecule is O=C1CCC(N2Cc3cc(N4CCN(CCCOC5CCN(C(=O)OCc6ccccc6)CC5)CC4)ccc3C2=O)C(=O)N1. The topological polar surface area (TPSA) is 112 Å². The van der Waals surface area contributed by atoms with Crippen molar-refractivity contribution >= 4 is 29.5 Å². The zero-order valence-corrected chi connectivity index (χ0v) is 25.1. The second kappa shape index (κ2) is 13.8. The monoisotopic (exact) mass is 603 g/mol. The second-order valence-corrected chi connectivity index (χ2v) is 12.0. The highest BCUT2D eigenvalue weighted by Crippen LogP contribution is 2.31. The van der Waals surface area contributed by atoms with Crippen LogP contribution in [0.25, 0.3) is 0 Å². The van der Waals surface area contributed by atoms with E-state index in [0.717, 1.165) is 68.8 Å². The van der Waals surface area contributed by atoms with Gasteiger partial charge in [-0.3, -0.25) is 24.6 Å². The van der Waals surface area contributed by atoms with Crippen LogP contribution in [0.4, 0.5) is 10.5 Å². The number of hydrogen-bond donors (Lipinski definition) is 1. The molecule has 2 aromatic carbocycles. The summed E-state index contributed by atoms with van der Waals surface area (Å²) in [6.45, 7) is 7.44. The number of ether oxygens (including phenoxy) is 2. The number of carbonyl (C=O) groups excluding carboxylic acids is 4. The molecule has 11 nitrogen and oxygen atoms in total. The van der Waals surface area contributed by atoms with Crippen molar-refractivity contribution < 1.29 is 28.7 Å². The fourth-order valence-electron chi connectivity index (χ4n) is 6.54. The Morgan fingerprint density at radius 2 is 1.68 bits per heavy atom. The Hall–Kier alpha value is -3.96. The number of fused-ring (bicyclic) bond motifs is 1. The molecule has 0 spiro atoms.